The molecule has 1 aromatic heterocycles. The van der Waals surface area contributed by atoms with Crippen LogP contribution in [0.25, 0.3) is 0 Å². The van der Waals surface area contributed by atoms with Gasteiger partial charge in [-0.2, -0.15) is 18.2 Å². The van der Waals surface area contributed by atoms with E-state index >= 15 is 0 Å². The molecule has 1 nitrogen and oxygen atoms in total. The molecule has 0 saturated carbocycles. The van der Waals surface area contributed by atoms with E-state index in [0.717, 1.165) is 0 Å². The van der Waals surface area contributed by atoms with E-state index < -0.39 is 0 Å². The van der Waals surface area contributed by atoms with Gasteiger partial charge in [0.1, 0.15) is 0 Å². The van der Waals surface area contributed by atoms with Crippen LogP contribution in [-0.2, 0) is 0 Å². The third-order valence-corrected chi connectivity index (χ3v) is 0.517. The van der Waals surface area contributed by atoms with E-state index in [1.807, 2.05) is 12.1 Å². The van der Waals surface area contributed by atoms with Crippen molar-refractivity contribution < 1.29 is 24.0 Å². The molecule has 0 saturated heterocycles. The average Bonchev–Trinajstić information content (AvgIpc) is 1.72. The summed E-state index contributed by atoms with van der Waals surface area (Å²) in [5.74, 6) is 0. The Balaban J connectivity index is 0. The Labute approximate surface area is 82.1 Å². The van der Waals surface area contributed by atoms with E-state index in [0.29, 0.717) is 0 Å². The fourth-order valence-electron chi connectivity index (χ4n) is 0.277. The van der Waals surface area contributed by atoms with Crippen LogP contribution in [0.4, 0.5) is 0 Å². The van der Waals surface area contributed by atoms with Crippen molar-refractivity contribution in [2.45, 2.75) is 0 Å². The Morgan fingerprint density at radius 3 is 2.12 bits per heavy atom. The van der Waals surface area contributed by atoms with Crippen LogP contribution in [0.3, 0.4) is 0 Å². The van der Waals surface area contributed by atoms with Gasteiger partial charge < -0.3 is 29.0 Å². The quantitative estimate of drug-likeness (QED) is 0.272. The molecule has 1 rings (SSSR count). The molecule has 1 aromatic rings. The summed E-state index contributed by atoms with van der Waals surface area (Å²) >= 11 is 0. The molecule has 0 fully saturated rings. The van der Waals surface area contributed by atoms with Crippen LogP contribution >= 0.6 is 0 Å². The minimum atomic E-state index is 0. The van der Waals surface area contributed by atoms with Gasteiger partial charge in [0, 0.05) is 0 Å². The van der Waals surface area contributed by atoms with Gasteiger partial charge in [0.25, 0.3) is 0 Å². The second kappa shape index (κ2) is 7.65. The zero-order valence-corrected chi connectivity index (χ0v) is 7.91. The van der Waals surface area contributed by atoms with Crippen molar-refractivity contribution in [2.75, 3.05) is 0 Å². The number of aromatic nitrogens is 1. The summed E-state index contributed by atoms with van der Waals surface area (Å²) in [6, 6.07) is 5.50. The molecule has 0 N–H and O–H groups in total. The molecule has 3 heteroatoms. The number of pyridine rings is 1. The fraction of sp³-hybridized carbons (Fsp3) is 0. The first-order chi connectivity index (χ1) is 3.00. The monoisotopic (exact) mass is 229 g/mol. The molecular weight excluding hydrogens is 225 g/mol. The van der Waals surface area contributed by atoms with Gasteiger partial charge >= 0.3 is 23.1 Å². The summed E-state index contributed by atoms with van der Waals surface area (Å²) in [7, 11) is 0. The summed E-state index contributed by atoms with van der Waals surface area (Å²) in [6.45, 7) is 0. The molecule has 0 spiro atoms. The smallest absolute Gasteiger partial charge is 1.00 e. The third kappa shape index (κ3) is 4.80. The molecule has 38 valence electrons. The molecule has 0 atom stereocenters. The Hall–Kier alpha value is 0.646. The number of hydrogen-bond donors (Lipinski definition) is 0. The first-order valence-corrected chi connectivity index (χ1v) is 1.77. The Bertz CT molecular complexity index is 84.4. The molecule has 0 amide bonds. The van der Waals surface area contributed by atoms with Crippen molar-refractivity contribution in [1.82, 2.24) is 4.98 Å². The van der Waals surface area contributed by atoms with Crippen LogP contribution in [0.1, 0.15) is 0 Å². The maximum Gasteiger partial charge on any atom is 2.00 e. The first kappa shape index (κ1) is 11.4. The number of hydrogen-bond acceptors (Lipinski definition) is 1. The Morgan fingerprint density at radius 1 is 1.25 bits per heavy atom. The molecule has 0 aromatic carbocycles. The summed E-state index contributed by atoms with van der Waals surface area (Å²) in [5, 5.41) is 0. The van der Waals surface area contributed by atoms with Crippen molar-refractivity contribution >= 4 is 23.1 Å². The molecule has 1 heterocycles. The largest absolute Gasteiger partial charge is 2.00 e. The normalized spacial score (nSPS) is 6.00. The minimum Gasteiger partial charge on any atom is -1.00 e. The molecule has 0 radical (unpaired) electrons. The van der Waals surface area contributed by atoms with Crippen molar-refractivity contribution in [3.05, 3.63) is 30.6 Å². The van der Waals surface area contributed by atoms with Crippen molar-refractivity contribution in [3.8, 4) is 0 Å². The summed E-state index contributed by atoms with van der Waals surface area (Å²) in [5.41, 5.74) is 0. The molecule has 0 aliphatic rings. The predicted molar refractivity (Wildman–Crippen MR) is 28.8 cm³/mol. The minimum absolute atomic E-state index is 0. The summed E-state index contributed by atoms with van der Waals surface area (Å²) in [4.78, 5) is 3.66. The number of nitrogens with zero attached hydrogens (tertiary/aromatic N) is 1. The SMILES string of the molecule is [I-].[Mg+2].[c-]1ccccn1. The third-order valence-electron chi connectivity index (χ3n) is 0.517. The van der Waals surface area contributed by atoms with Crippen molar-refractivity contribution in [2.24, 2.45) is 0 Å². The Morgan fingerprint density at radius 2 is 2.00 bits per heavy atom. The van der Waals surface area contributed by atoms with Crippen LogP contribution in [0.2, 0.25) is 0 Å². The van der Waals surface area contributed by atoms with Gasteiger partial charge in [0.05, 0.1) is 0 Å². The van der Waals surface area contributed by atoms with Crippen LogP contribution in [-0.4, -0.2) is 28.0 Å². The molecule has 0 unspecified atom stereocenters. The van der Waals surface area contributed by atoms with Crippen LogP contribution in [0.5, 0.6) is 0 Å². The van der Waals surface area contributed by atoms with E-state index in [1.165, 1.54) is 0 Å². The second-order valence-corrected chi connectivity index (χ2v) is 0.959. The fourth-order valence-corrected chi connectivity index (χ4v) is 0.277. The zero-order chi connectivity index (χ0) is 4.24. The van der Waals surface area contributed by atoms with E-state index in [1.54, 1.807) is 12.3 Å². The Kier molecular flexibility index (Phi) is 10.9. The molecule has 0 aliphatic heterocycles. The second-order valence-electron chi connectivity index (χ2n) is 0.959. The molecule has 0 bridgehead atoms. The molecule has 8 heavy (non-hydrogen) atoms. The predicted octanol–water partition coefficient (Wildman–Crippen LogP) is -2.50. The topological polar surface area (TPSA) is 12.9 Å². The number of halogens is 1. The average molecular weight is 229 g/mol. The van der Waals surface area contributed by atoms with Crippen molar-refractivity contribution in [1.29, 1.82) is 0 Å². The summed E-state index contributed by atoms with van der Waals surface area (Å²) in [6.07, 6.45) is 4.34. The van der Waals surface area contributed by atoms with Gasteiger partial charge in [0.15, 0.2) is 0 Å². The summed E-state index contributed by atoms with van der Waals surface area (Å²) < 4.78 is 0. The maximum absolute atomic E-state index is 3.66. The maximum atomic E-state index is 3.66. The van der Waals surface area contributed by atoms with E-state index in [-0.39, 0.29) is 47.0 Å². The van der Waals surface area contributed by atoms with Crippen molar-refractivity contribution in [3.63, 3.8) is 0 Å². The first-order valence-electron chi connectivity index (χ1n) is 1.77. The van der Waals surface area contributed by atoms with Crippen LogP contribution in [0.15, 0.2) is 24.4 Å². The van der Waals surface area contributed by atoms with Gasteiger partial charge in [-0.25, -0.2) is 0 Å². The van der Waals surface area contributed by atoms with Gasteiger partial charge in [-0.15, -0.1) is 0 Å². The van der Waals surface area contributed by atoms with Gasteiger partial charge in [-0.3, -0.25) is 0 Å². The molecule has 0 aliphatic carbocycles. The van der Waals surface area contributed by atoms with Crippen LogP contribution < -0.4 is 24.0 Å². The van der Waals surface area contributed by atoms with Gasteiger partial charge in [-0.05, 0) is 0 Å². The van der Waals surface area contributed by atoms with Gasteiger partial charge in [-0.1, -0.05) is 12.4 Å². The van der Waals surface area contributed by atoms with E-state index in [2.05, 4.69) is 11.2 Å². The standard InChI is InChI=1S/C5H4N.HI.Mg/c1-2-4-6-5-3-1;;/h1-4H;1H;/q-1;;+2/p-1. The zero-order valence-electron chi connectivity index (χ0n) is 4.34. The van der Waals surface area contributed by atoms with Gasteiger partial charge in [0.2, 0.25) is 0 Å². The number of rotatable bonds is 0. The van der Waals surface area contributed by atoms with E-state index in [9.17, 15) is 0 Å². The van der Waals surface area contributed by atoms with Crippen LogP contribution in [0, 0.1) is 6.20 Å². The van der Waals surface area contributed by atoms with E-state index in [4.69, 9.17) is 0 Å². The molecular formula is C5H4IMgN.